The minimum absolute atomic E-state index is 0.0132. The van der Waals surface area contributed by atoms with E-state index in [1.165, 1.54) is 10.4 Å². The smallest absolute Gasteiger partial charge is 0.247 e. The van der Waals surface area contributed by atoms with Gasteiger partial charge < -0.3 is 14.1 Å². The lowest BCUT2D eigenvalue weighted by Gasteiger charge is -2.25. The Bertz CT molecular complexity index is 922. The molecule has 3 heterocycles. The highest BCUT2D eigenvalue weighted by atomic mass is 32.1. The van der Waals surface area contributed by atoms with Crippen LogP contribution in [-0.4, -0.2) is 24.5 Å². The van der Waals surface area contributed by atoms with Gasteiger partial charge in [-0.15, -0.1) is 11.3 Å². The van der Waals surface area contributed by atoms with Crippen molar-refractivity contribution in [2.75, 3.05) is 13.7 Å². The van der Waals surface area contributed by atoms with Gasteiger partial charge in [0, 0.05) is 29.4 Å². The van der Waals surface area contributed by atoms with Crippen LogP contribution in [0.3, 0.4) is 0 Å². The molecule has 4 nitrogen and oxygen atoms in total. The van der Waals surface area contributed by atoms with Gasteiger partial charge in [-0.2, -0.15) is 0 Å². The first-order valence-electron chi connectivity index (χ1n) is 7.83. The molecule has 1 amide bonds. The standard InChI is InChI=1S/C19H17NO3S/c1-22-16-4-2-3-13-11-15(23-19(13)16)5-6-18(21)20-9-7-17-14(12-20)8-10-24-17/h2-6,8,10-11H,7,9,12H2,1H3/b6-5+. The van der Waals surface area contributed by atoms with E-state index < -0.39 is 0 Å². The molecule has 0 radical (unpaired) electrons. The number of para-hydroxylation sites is 1. The molecule has 122 valence electrons. The molecule has 0 saturated heterocycles. The third-order valence-corrected chi connectivity index (χ3v) is 5.28. The zero-order chi connectivity index (χ0) is 16.5. The second kappa shape index (κ2) is 6.17. The van der Waals surface area contributed by atoms with E-state index in [1.807, 2.05) is 29.2 Å². The lowest BCUT2D eigenvalue weighted by molar-refractivity contribution is -0.126. The monoisotopic (exact) mass is 339 g/mol. The van der Waals surface area contributed by atoms with Crippen LogP contribution in [0.15, 0.2) is 46.2 Å². The second-order valence-corrected chi connectivity index (χ2v) is 6.74. The molecule has 1 aliphatic rings. The fourth-order valence-corrected chi connectivity index (χ4v) is 3.88. The number of nitrogens with zero attached hydrogens (tertiary/aromatic N) is 1. The minimum Gasteiger partial charge on any atom is -0.493 e. The van der Waals surface area contributed by atoms with E-state index in [1.54, 1.807) is 30.6 Å². The molecular weight excluding hydrogens is 322 g/mol. The number of furan rings is 1. The van der Waals surface area contributed by atoms with Crippen molar-refractivity contribution in [3.8, 4) is 5.75 Å². The van der Waals surface area contributed by atoms with Gasteiger partial charge in [-0.3, -0.25) is 4.79 Å². The summed E-state index contributed by atoms with van der Waals surface area (Å²) in [5.74, 6) is 1.36. The van der Waals surface area contributed by atoms with E-state index in [-0.39, 0.29) is 5.91 Å². The number of ether oxygens (including phenoxy) is 1. The van der Waals surface area contributed by atoms with E-state index in [9.17, 15) is 4.79 Å². The predicted molar refractivity (Wildman–Crippen MR) is 95.2 cm³/mol. The summed E-state index contributed by atoms with van der Waals surface area (Å²) in [6.07, 6.45) is 4.25. The number of carbonyl (C=O) groups excluding carboxylic acids is 1. The molecule has 0 saturated carbocycles. The van der Waals surface area contributed by atoms with E-state index in [0.29, 0.717) is 23.6 Å². The number of benzene rings is 1. The Morgan fingerprint density at radius 2 is 2.29 bits per heavy atom. The lowest BCUT2D eigenvalue weighted by atomic mass is 10.1. The predicted octanol–water partition coefficient (Wildman–Crippen LogP) is 4.10. The molecule has 1 aromatic carbocycles. The molecule has 1 aliphatic heterocycles. The van der Waals surface area contributed by atoms with Crippen LogP contribution in [0, 0.1) is 0 Å². The largest absolute Gasteiger partial charge is 0.493 e. The van der Waals surface area contributed by atoms with Crippen LogP contribution in [0.4, 0.5) is 0 Å². The zero-order valence-corrected chi connectivity index (χ0v) is 14.1. The number of thiophene rings is 1. The molecule has 0 atom stereocenters. The Kier molecular flexibility index (Phi) is 3.86. The average molecular weight is 339 g/mol. The van der Waals surface area contributed by atoms with Gasteiger partial charge >= 0.3 is 0 Å². The first kappa shape index (κ1) is 15.0. The molecular formula is C19H17NO3S. The van der Waals surface area contributed by atoms with Crippen LogP contribution < -0.4 is 4.74 Å². The number of hydrogen-bond acceptors (Lipinski definition) is 4. The molecule has 0 spiro atoms. The molecule has 3 aromatic rings. The van der Waals surface area contributed by atoms with Gasteiger partial charge in [0.15, 0.2) is 11.3 Å². The van der Waals surface area contributed by atoms with Crippen molar-refractivity contribution in [3.63, 3.8) is 0 Å². The van der Waals surface area contributed by atoms with Gasteiger partial charge in [-0.1, -0.05) is 12.1 Å². The van der Waals surface area contributed by atoms with Crippen LogP contribution in [0.1, 0.15) is 16.2 Å². The van der Waals surface area contributed by atoms with Crippen molar-refractivity contribution in [1.82, 2.24) is 4.90 Å². The molecule has 24 heavy (non-hydrogen) atoms. The average Bonchev–Trinajstić information content (AvgIpc) is 3.24. The summed E-state index contributed by atoms with van der Waals surface area (Å²) in [7, 11) is 1.62. The highest BCUT2D eigenvalue weighted by Gasteiger charge is 2.19. The summed E-state index contributed by atoms with van der Waals surface area (Å²) in [6, 6.07) is 9.75. The highest BCUT2D eigenvalue weighted by Crippen LogP contribution is 2.29. The van der Waals surface area contributed by atoms with Crippen molar-refractivity contribution >= 4 is 34.3 Å². The molecule has 4 rings (SSSR count). The van der Waals surface area contributed by atoms with E-state index in [4.69, 9.17) is 9.15 Å². The third-order valence-electron chi connectivity index (χ3n) is 4.26. The number of hydrogen-bond donors (Lipinski definition) is 0. The van der Waals surface area contributed by atoms with Gasteiger partial charge in [0.2, 0.25) is 5.91 Å². The quantitative estimate of drug-likeness (QED) is 0.675. The Balaban J connectivity index is 1.52. The highest BCUT2D eigenvalue weighted by molar-refractivity contribution is 7.10. The Labute approximate surface area is 143 Å². The second-order valence-electron chi connectivity index (χ2n) is 5.74. The first-order chi connectivity index (χ1) is 11.7. The zero-order valence-electron chi connectivity index (χ0n) is 13.3. The van der Waals surface area contributed by atoms with Gasteiger partial charge in [-0.05, 0) is 41.6 Å². The van der Waals surface area contributed by atoms with E-state index in [2.05, 4.69) is 11.4 Å². The maximum absolute atomic E-state index is 12.4. The van der Waals surface area contributed by atoms with Crippen LogP contribution >= 0.6 is 11.3 Å². The molecule has 0 bridgehead atoms. The Morgan fingerprint density at radius 1 is 1.38 bits per heavy atom. The van der Waals surface area contributed by atoms with Gasteiger partial charge in [0.1, 0.15) is 5.76 Å². The lowest BCUT2D eigenvalue weighted by Crippen LogP contribution is -2.34. The Morgan fingerprint density at radius 3 is 3.17 bits per heavy atom. The fourth-order valence-electron chi connectivity index (χ4n) is 2.99. The first-order valence-corrected chi connectivity index (χ1v) is 8.71. The summed E-state index contributed by atoms with van der Waals surface area (Å²) in [4.78, 5) is 15.7. The van der Waals surface area contributed by atoms with Crippen LogP contribution in [0.5, 0.6) is 5.75 Å². The van der Waals surface area contributed by atoms with Gasteiger partial charge in [0.25, 0.3) is 0 Å². The molecule has 0 N–H and O–H groups in total. The van der Waals surface area contributed by atoms with Crippen molar-refractivity contribution in [2.24, 2.45) is 0 Å². The Hall–Kier alpha value is -2.53. The summed E-state index contributed by atoms with van der Waals surface area (Å²) >= 11 is 1.77. The number of fused-ring (bicyclic) bond motifs is 2. The molecule has 0 unspecified atom stereocenters. The van der Waals surface area contributed by atoms with Gasteiger partial charge in [-0.25, -0.2) is 0 Å². The van der Waals surface area contributed by atoms with Crippen molar-refractivity contribution in [3.05, 3.63) is 58.0 Å². The molecule has 0 aliphatic carbocycles. The van der Waals surface area contributed by atoms with Crippen molar-refractivity contribution in [2.45, 2.75) is 13.0 Å². The maximum atomic E-state index is 12.4. The van der Waals surface area contributed by atoms with Crippen LogP contribution in [0.2, 0.25) is 0 Å². The van der Waals surface area contributed by atoms with Gasteiger partial charge in [0.05, 0.1) is 7.11 Å². The molecule has 2 aromatic heterocycles. The maximum Gasteiger partial charge on any atom is 0.247 e. The number of amides is 1. The van der Waals surface area contributed by atoms with E-state index in [0.717, 1.165) is 18.4 Å². The molecule has 5 heteroatoms. The van der Waals surface area contributed by atoms with Crippen LogP contribution in [-0.2, 0) is 17.8 Å². The third kappa shape index (κ3) is 2.71. The number of rotatable bonds is 3. The number of carbonyl (C=O) groups is 1. The summed E-state index contributed by atoms with van der Waals surface area (Å²) in [5.41, 5.74) is 1.97. The molecule has 0 fully saturated rings. The van der Waals surface area contributed by atoms with Crippen molar-refractivity contribution < 1.29 is 13.9 Å². The minimum atomic E-state index is 0.0132. The topological polar surface area (TPSA) is 42.7 Å². The summed E-state index contributed by atoms with van der Waals surface area (Å²) < 4.78 is 11.1. The van der Waals surface area contributed by atoms with E-state index >= 15 is 0 Å². The normalized spacial score (nSPS) is 14.3. The summed E-state index contributed by atoms with van der Waals surface area (Å²) in [5, 5.41) is 3.05. The fraction of sp³-hybridized carbons (Fsp3) is 0.211. The summed E-state index contributed by atoms with van der Waals surface area (Å²) in [6.45, 7) is 1.46. The number of methoxy groups -OCH3 is 1. The van der Waals surface area contributed by atoms with Crippen molar-refractivity contribution in [1.29, 1.82) is 0 Å². The van der Waals surface area contributed by atoms with Crippen LogP contribution in [0.25, 0.3) is 17.0 Å². The SMILES string of the molecule is COc1cccc2cc(/C=C/C(=O)N3CCc4sccc4C3)oc12.